The molecule has 0 heterocycles. The van der Waals surface area contributed by atoms with Gasteiger partial charge < -0.3 is 20.3 Å². The first-order valence-electron chi connectivity index (χ1n) is 8.40. The third-order valence-corrected chi connectivity index (χ3v) is 3.79. The summed E-state index contributed by atoms with van der Waals surface area (Å²) in [5.74, 6) is -0.331. The Morgan fingerprint density at radius 1 is 1.04 bits per heavy atom. The van der Waals surface area contributed by atoms with Crippen LogP contribution < -0.4 is 20.3 Å². The van der Waals surface area contributed by atoms with Crippen molar-refractivity contribution in [3.05, 3.63) is 48.0 Å². The SMILES string of the molecule is COc1ccc(C)cc1NC(=O)CN(C(C)=O)c1cccc(NC(C)=O)c1. The van der Waals surface area contributed by atoms with E-state index < -0.39 is 0 Å². The first-order valence-corrected chi connectivity index (χ1v) is 8.40. The van der Waals surface area contributed by atoms with Crippen LogP contribution in [0.25, 0.3) is 0 Å². The second-order valence-electron chi connectivity index (χ2n) is 6.09. The second-order valence-corrected chi connectivity index (χ2v) is 6.09. The normalized spacial score (nSPS) is 10.1. The van der Waals surface area contributed by atoms with Crippen LogP contribution in [0.1, 0.15) is 19.4 Å². The van der Waals surface area contributed by atoms with Crippen LogP contribution in [-0.2, 0) is 14.4 Å². The van der Waals surface area contributed by atoms with Gasteiger partial charge in [-0.1, -0.05) is 12.1 Å². The Labute approximate surface area is 158 Å². The number of hydrogen-bond acceptors (Lipinski definition) is 4. The topological polar surface area (TPSA) is 87.7 Å². The van der Waals surface area contributed by atoms with E-state index in [0.717, 1.165) is 5.56 Å². The highest BCUT2D eigenvalue weighted by molar-refractivity contribution is 6.02. The van der Waals surface area contributed by atoms with Crippen molar-refractivity contribution < 1.29 is 19.1 Å². The minimum absolute atomic E-state index is 0.171. The van der Waals surface area contributed by atoms with Crippen LogP contribution in [0.4, 0.5) is 17.1 Å². The van der Waals surface area contributed by atoms with E-state index >= 15 is 0 Å². The summed E-state index contributed by atoms with van der Waals surface area (Å²) in [5, 5.41) is 5.44. The summed E-state index contributed by atoms with van der Waals surface area (Å²) < 4.78 is 5.26. The fourth-order valence-corrected chi connectivity index (χ4v) is 2.59. The fraction of sp³-hybridized carbons (Fsp3) is 0.250. The zero-order chi connectivity index (χ0) is 20.0. The van der Waals surface area contributed by atoms with Gasteiger partial charge in [0.25, 0.3) is 0 Å². The van der Waals surface area contributed by atoms with Crippen molar-refractivity contribution in [2.24, 2.45) is 0 Å². The number of carbonyl (C=O) groups excluding carboxylic acids is 3. The van der Waals surface area contributed by atoms with Gasteiger partial charge >= 0.3 is 0 Å². The maximum absolute atomic E-state index is 12.5. The molecule has 2 N–H and O–H groups in total. The Bertz CT molecular complexity index is 864. The molecule has 0 aliphatic heterocycles. The molecule has 0 aromatic heterocycles. The molecule has 3 amide bonds. The van der Waals surface area contributed by atoms with Crippen molar-refractivity contribution in [3.63, 3.8) is 0 Å². The second kappa shape index (κ2) is 8.84. The molecule has 7 nitrogen and oxygen atoms in total. The highest BCUT2D eigenvalue weighted by Crippen LogP contribution is 2.25. The quantitative estimate of drug-likeness (QED) is 0.819. The van der Waals surface area contributed by atoms with Crippen LogP contribution >= 0.6 is 0 Å². The third-order valence-electron chi connectivity index (χ3n) is 3.79. The number of methoxy groups -OCH3 is 1. The largest absolute Gasteiger partial charge is 0.495 e. The number of ether oxygens (including phenoxy) is 1. The van der Waals surface area contributed by atoms with Gasteiger partial charge in [0.15, 0.2) is 0 Å². The van der Waals surface area contributed by atoms with Crippen molar-refractivity contribution in [2.45, 2.75) is 20.8 Å². The molecule has 0 saturated heterocycles. The molecule has 7 heteroatoms. The molecule has 27 heavy (non-hydrogen) atoms. The Hall–Kier alpha value is -3.35. The molecule has 0 radical (unpaired) electrons. The molecule has 0 atom stereocenters. The van der Waals surface area contributed by atoms with E-state index in [-0.39, 0.29) is 24.3 Å². The summed E-state index contributed by atoms with van der Waals surface area (Å²) in [7, 11) is 1.52. The number of amides is 3. The zero-order valence-electron chi connectivity index (χ0n) is 15.8. The molecule has 0 fully saturated rings. The first kappa shape index (κ1) is 20.0. The number of anilines is 3. The molecule has 0 unspecified atom stereocenters. The Balaban J connectivity index is 2.19. The minimum Gasteiger partial charge on any atom is -0.495 e. The lowest BCUT2D eigenvalue weighted by Crippen LogP contribution is -2.36. The molecule has 2 aromatic carbocycles. The first-order chi connectivity index (χ1) is 12.8. The van der Waals surface area contributed by atoms with E-state index in [4.69, 9.17) is 4.74 Å². The number of hydrogen-bond donors (Lipinski definition) is 2. The Kier molecular flexibility index (Phi) is 6.54. The molecule has 0 spiro atoms. The van der Waals surface area contributed by atoms with E-state index in [1.807, 2.05) is 13.0 Å². The Morgan fingerprint density at radius 3 is 2.41 bits per heavy atom. The van der Waals surface area contributed by atoms with Crippen molar-refractivity contribution in [1.82, 2.24) is 0 Å². The van der Waals surface area contributed by atoms with E-state index in [9.17, 15) is 14.4 Å². The summed E-state index contributed by atoms with van der Waals surface area (Å²) in [4.78, 5) is 37.2. The van der Waals surface area contributed by atoms with Gasteiger partial charge in [0.05, 0.1) is 12.8 Å². The molecular formula is C20H23N3O4. The summed E-state index contributed by atoms with van der Waals surface area (Å²) in [5.41, 5.74) is 2.57. The summed E-state index contributed by atoms with van der Waals surface area (Å²) >= 11 is 0. The predicted molar refractivity (Wildman–Crippen MR) is 105 cm³/mol. The van der Waals surface area contributed by atoms with E-state index in [2.05, 4.69) is 10.6 Å². The minimum atomic E-state index is -0.362. The molecule has 0 saturated carbocycles. The van der Waals surface area contributed by atoms with Crippen LogP contribution in [0.3, 0.4) is 0 Å². The molecule has 2 aromatic rings. The van der Waals surface area contributed by atoms with Crippen molar-refractivity contribution in [3.8, 4) is 5.75 Å². The van der Waals surface area contributed by atoms with Gasteiger partial charge in [0.1, 0.15) is 12.3 Å². The average molecular weight is 369 g/mol. The number of aryl methyl sites for hydroxylation is 1. The molecular weight excluding hydrogens is 346 g/mol. The number of rotatable bonds is 6. The fourth-order valence-electron chi connectivity index (χ4n) is 2.59. The van der Waals surface area contributed by atoms with Gasteiger partial charge in [-0.05, 0) is 42.8 Å². The van der Waals surface area contributed by atoms with Crippen molar-refractivity contribution in [2.75, 3.05) is 29.2 Å². The predicted octanol–water partition coefficient (Wildman–Crippen LogP) is 2.95. The van der Waals surface area contributed by atoms with Crippen LogP contribution in [-0.4, -0.2) is 31.4 Å². The van der Waals surface area contributed by atoms with E-state index in [1.54, 1.807) is 36.4 Å². The monoisotopic (exact) mass is 369 g/mol. The molecule has 142 valence electrons. The molecule has 0 bridgehead atoms. The van der Waals surface area contributed by atoms with Gasteiger partial charge in [-0.15, -0.1) is 0 Å². The number of nitrogens with zero attached hydrogens (tertiary/aromatic N) is 1. The maximum Gasteiger partial charge on any atom is 0.244 e. The van der Waals surface area contributed by atoms with Crippen LogP contribution in [0.15, 0.2) is 42.5 Å². The van der Waals surface area contributed by atoms with E-state index in [1.165, 1.54) is 25.9 Å². The lowest BCUT2D eigenvalue weighted by atomic mass is 10.2. The van der Waals surface area contributed by atoms with Crippen LogP contribution in [0, 0.1) is 6.92 Å². The highest BCUT2D eigenvalue weighted by Gasteiger charge is 2.17. The molecule has 0 aliphatic rings. The number of nitrogens with one attached hydrogen (secondary N) is 2. The van der Waals surface area contributed by atoms with Gasteiger partial charge in [-0.2, -0.15) is 0 Å². The highest BCUT2D eigenvalue weighted by atomic mass is 16.5. The number of carbonyl (C=O) groups is 3. The average Bonchev–Trinajstić information content (AvgIpc) is 2.59. The van der Waals surface area contributed by atoms with Crippen molar-refractivity contribution >= 4 is 34.8 Å². The van der Waals surface area contributed by atoms with E-state index in [0.29, 0.717) is 22.8 Å². The summed E-state index contributed by atoms with van der Waals surface area (Å²) in [6, 6.07) is 12.2. The zero-order valence-corrected chi connectivity index (χ0v) is 15.8. The van der Waals surface area contributed by atoms with Gasteiger partial charge in [-0.25, -0.2) is 0 Å². The molecule has 0 aliphatic carbocycles. The standard InChI is InChI=1S/C20H23N3O4/c1-13-8-9-19(27-4)18(10-13)22-20(26)12-23(15(3)25)17-7-5-6-16(11-17)21-14(2)24/h5-11H,12H2,1-4H3,(H,21,24)(H,22,26). The number of benzene rings is 2. The van der Waals surface area contributed by atoms with Gasteiger partial charge in [0.2, 0.25) is 17.7 Å². The lowest BCUT2D eigenvalue weighted by molar-refractivity contribution is -0.120. The molecule has 2 rings (SSSR count). The smallest absolute Gasteiger partial charge is 0.244 e. The third kappa shape index (κ3) is 5.57. The summed E-state index contributed by atoms with van der Waals surface area (Å²) in [6.45, 7) is 4.52. The van der Waals surface area contributed by atoms with Crippen LogP contribution in [0.2, 0.25) is 0 Å². The van der Waals surface area contributed by atoms with Gasteiger partial charge in [-0.3, -0.25) is 14.4 Å². The Morgan fingerprint density at radius 2 is 1.78 bits per heavy atom. The van der Waals surface area contributed by atoms with Crippen molar-refractivity contribution in [1.29, 1.82) is 0 Å². The van der Waals surface area contributed by atoms with Crippen LogP contribution in [0.5, 0.6) is 5.75 Å². The maximum atomic E-state index is 12.5. The lowest BCUT2D eigenvalue weighted by Gasteiger charge is -2.22. The van der Waals surface area contributed by atoms with Gasteiger partial charge in [0, 0.05) is 25.2 Å². The summed E-state index contributed by atoms with van der Waals surface area (Å²) in [6.07, 6.45) is 0.